The molecule has 3 N–H and O–H groups in total. The number of carbonyl (C=O) groups is 1. The van der Waals surface area contributed by atoms with Crippen LogP contribution in [0, 0.1) is 0 Å². The van der Waals surface area contributed by atoms with E-state index in [4.69, 9.17) is 5.73 Å². The normalized spacial score (nSPS) is 26.8. The summed E-state index contributed by atoms with van der Waals surface area (Å²) in [5, 5.41) is 3.03. The molecule has 0 aliphatic heterocycles. The Morgan fingerprint density at radius 3 is 2.31 bits per heavy atom. The van der Waals surface area contributed by atoms with Crippen LogP contribution >= 0.6 is 0 Å². The minimum absolute atomic E-state index is 0.0923. The van der Waals surface area contributed by atoms with E-state index >= 15 is 0 Å². The van der Waals surface area contributed by atoms with E-state index in [1.807, 2.05) is 0 Å². The van der Waals surface area contributed by atoms with Crippen LogP contribution in [0.5, 0.6) is 0 Å². The van der Waals surface area contributed by atoms with Crippen LogP contribution in [-0.2, 0) is 4.79 Å². The second kappa shape index (κ2) is 3.29. The van der Waals surface area contributed by atoms with Gasteiger partial charge in [-0.15, -0.1) is 0 Å². The van der Waals surface area contributed by atoms with E-state index in [0.717, 1.165) is 38.5 Å². The Labute approximate surface area is 79.1 Å². The molecule has 3 nitrogen and oxygen atoms in total. The fraction of sp³-hybridized carbons (Fsp3) is 0.900. The maximum atomic E-state index is 11.7. The van der Waals surface area contributed by atoms with E-state index in [1.165, 1.54) is 6.42 Å². The summed E-state index contributed by atoms with van der Waals surface area (Å²) >= 11 is 0. The van der Waals surface area contributed by atoms with Crippen LogP contribution in [0.3, 0.4) is 0 Å². The molecule has 0 unspecified atom stereocenters. The van der Waals surface area contributed by atoms with Crippen molar-refractivity contribution in [2.24, 2.45) is 5.73 Å². The molecule has 1 amide bonds. The molecule has 2 saturated carbocycles. The Morgan fingerprint density at radius 2 is 1.85 bits per heavy atom. The van der Waals surface area contributed by atoms with Gasteiger partial charge >= 0.3 is 0 Å². The lowest BCUT2D eigenvalue weighted by atomic mass is 9.91. The lowest BCUT2D eigenvalue weighted by Gasteiger charge is -2.31. The lowest BCUT2D eigenvalue weighted by molar-refractivity contribution is -0.127. The summed E-state index contributed by atoms with van der Waals surface area (Å²) in [7, 11) is 0. The van der Waals surface area contributed by atoms with Gasteiger partial charge in [-0.1, -0.05) is 12.8 Å². The monoisotopic (exact) mass is 182 g/mol. The van der Waals surface area contributed by atoms with Crippen LogP contribution in [0.15, 0.2) is 0 Å². The summed E-state index contributed by atoms with van der Waals surface area (Å²) in [6.07, 6.45) is 7.48. The smallest absolute Gasteiger partial charge is 0.240 e. The molecule has 2 aliphatic rings. The topological polar surface area (TPSA) is 55.1 Å². The number of hydrogen-bond acceptors (Lipinski definition) is 2. The minimum Gasteiger partial charge on any atom is -0.352 e. The van der Waals surface area contributed by atoms with Gasteiger partial charge in [-0.05, 0) is 32.1 Å². The third-order valence-corrected chi connectivity index (χ3v) is 3.39. The summed E-state index contributed by atoms with van der Waals surface area (Å²) in [5.41, 5.74) is 5.49. The molecule has 0 heterocycles. The number of amides is 1. The first kappa shape index (κ1) is 9.00. The van der Waals surface area contributed by atoms with Crippen molar-refractivity contribution in [3.05, 3.63) is 0 Å². The summed E-state index contributed by atoms with van der Waals surface area (Å²) in [4.78, 5) is 11.7. The van der Waals surface area contributed by atoms with Crippen LogP contribution < -0.4 is 11.1 Å². The van der Waals surface area contributed by atoms with Crippen LogP contribution in [0.4, 0.5) is 0 Å². The number of nitrogens with two attached hydrogens (primary N) is 1. The third kappa shape index (κ3) is 1.70. The molecule has 0 aromatic rings. The fourth-order valence-electron chi connectivity index (χ4n) is 2.11. The molecule has 0 radical (unpaired) electrons. The second-order valence-corrected chi connectivity index (χ2v) is 4.46. The van der Waals surface area contributed by atoms with Gasteiger partial charge in [0.05, 0.1) is 5.54 Å². The fourth-order valence-corrected chi connectivity index (χ4v) is 2.11. The SMILES string of the molecule is NC1(C(=O)NC2CCC2)CCCC1. The van der Waals surface area contributed by atoms with Gasteiger partial charge in [-0.3, -0.25) is 4.79 Å². The molecule has 0 aromatic carbocycles. The predicted octanol–water partition coefficient (Wildman–Crippen LogP) is 0.927. The maximum Gasteiger partial charge on any atom is 0.240 e. The molecular weight excluding hydrogens is 164 g/mol. The van der Waals surface area contributed by atoms with E-state index in [9.17, 15) is 4.79 Å². The van der Waals surface area contributed by atoms with Crippen molar-refractivity contribution < 1.29 is 4.79 Å². The molecule has 13 heavy (non-hydrogen) atoms. The van der Waals surface area contributed by atoms with Crippen LogP contribution in [-0.4, -0.2) is 17.5 Å². The Bertz CT molecular complexity index is 205. The zero-order chi connectivity index (χ0) is 9.31. The number of nitrogens with one attached hydrogen (secondary N) is 1. The molecule has 2 rings (SSSR count). The van der Waals surface area contributed by atoms with Crippen molar-refractivity contribution >= 4 is 5.91 Å². The van der Waals surface area contributed by atoms with Crippen LogP contribution in [0.25, 0.3) is 0 Å². The Hall–Kier alpha value is -0.570. The molecule has 74 valence electrons. The molecule has 2 aliphatic carbocycles. The van der Waals surface area contributed by atoms with E-state index in [1.54, 1.807) is 0 Å². The number of carbonyl (C=O) groups excluding carboxylic acids is 1. The zero-order valence-electron chi connectivity index (χ0n) is 8.01. The molecule has 0 aromatic heterocycles. The van der Waals surface area contributed by atoms with Gasteiger partial charge in [-0.2, -0.15) is 0 Å². The van der Waals surface area contributed by atoms with Crippen molar-refractivity contribution in [3.8, 4) is 0 Å². The number of hydrogen-bond donors (Lipinski definition) is 2. The first-order valence-electron chi connectivity index (χ1n) is 5.31. The van der Waals surface area contributed by atoms with E-state index in [-0.39, 0.29) is 5.91 Å². The van der Waals surface area contributed by atoms with Gasteiger partial charge in [-0.25, -0.2) is 0 Å². The molecule has 2 fully saturated rings. The van der Waals surface area contributed by atoms with Gasteiger partial charge in [0.1, 0.15) is 0 Å². The first-order valence-corrected chi connectivity index (χ1v) is 5.31. The van der Waals surface area contributed by atoms with Gasteiger partial charge in [0.15, 0.2) is 0 Å². The quantitative estimate of drug-likeness (QED) is 0.667. The minimum atomic E-state index is -0.532. The van der Waals surface area contributed by atoms with Crippen LogP contribution in [0.1, 0.15) is 44.9 Å². The Balaban J connectivity index is 1.87. The first-order chi connectivity index (χ1) is 6.21. The average molecular weight is 182 g/mol. The third-order valence-electron chi connectivity index (χ3n) is 3.39. The average Bonchev–Trinajstić information content (AvgIpc) is 2.45. The maximum absolute atomic E-state index is 11.7. The summed E-state index contributed by atoms with van der Waals surface area (Å²) in [5.74, 6) is 0.0923. The van der Waals surface area contributed by atoms with Gasteiger partial charge in [0, 0.05) is 6.04 Å². The molecule has 0 saturated heterocycles. The highest BCUT2D eigenvalue weighted by atomic mass is 16.2. The largest absolute Gasteiger partial charge is 0.352 e. The van der Waals surface area contributed by atoms with Crippen molar-refractivity contribution in [2.75, 3.05) is 0 Å². The summed E-state index contributed by atoms with van der Waals surface area (Å²) in [6, 6.07) is 0.425. The highest BCUT2D eigenvalue weighted by Crippen LogP contribution is 2.28. The van der Waals surface area contributed by atoms with Crippen LogP contribution in [0.2, 0.25) is 0 Å². The van der Waals surface area contributed by atoms with Gasteiger partial charge in [0.25, 0.3) is 0 Å². The second-order valence-electron chi connectivity index (χ2n) is 4.46. The standard InChI is InChI=1S/C10H18N2O/c11-10(6-1-2-7-10)9(13)12-8-4-3-5-8/h8H,1-7,11H2,(H,12,13). The summed E-state index contributed by atoms with van der Waals surface area (Å²) < 4.78 is 0. The van der Waals surface area contributed by atoms with E-state index in [0.29, 0.717) is 6.04 Å². The highest BCUT2D eigenvalue weighted by Gasteiger charge is 2.38. The zero-order valence-corrected chi connectivity index (χ0v) is 8.01. The van der Waals surface area contributed by atoms with Gasteiger partial charge < -0.3 is 11.1 Å². The predicted molar refractivity (Wildman–Crippen MR) is 51.2 cm³/mol. The Morgan fingerprint density at radius 1 is 1.23 bits per heavy atom. The summed E-state index contributed by atoms with van der Waals surface area (Å²) in [6.45, 7) is 0. The molecular formula is C10H18N2O. The molecule has 0 bridgehead atoms. The van der Waals surface area contributed by atoms with E-state index in [2.05, 4.69) is 5.32 Å². The van der Waals surface area contributed by atoms with Crippen molar-refractivity contribution in [1.29, 1.82) is 0 Å². The molecule has 3 heteroatoms. The van der Waals surface area contributed by atoms with Crippen molar-refractivity contribution in [3.63, 3.8) is 0 Å². The number of rotatable bonds is 2. The van der Waals surface area contributed by atoms with E-state index < -0.39 is 5.54 Å². The van der Waals surface area contributed by atoms with Crippen molar-refractivity contribution in [2.45, 2.75) is 56.5 Å². The van der Waals surface area contributed by atoms with Gasteiger partial charge in [0.2, 0.25) is 5.91 Å². The highest BCUT2D eigenvalue weighted by molar-refractivity contribution is 5.86. The van der Waals surface area contributed by atoms with Crippen molar-refractivity contribution in [1.82, 2.24) is 5.32 Å². The molecule has 0 spiro atoms. The molecule has 0 atom stereocenters. The Kier molecular flexibility index (Phi) is 2.28. The lowest BCUT2D eigenvalue weighted by Crippen LogP contribution is -2.55.